The van der Waals surface area contributed by atoms with Crippen molar-refractivity contribution in [1.82, 2.24) is 4.90 Å². The Balaban J connectivity index is 1.78. The van der Waals surface area contributed by atoms with Crippen LogP contribution in [-0.4, -0.2) is 35.8 Å². The fraction of sp³-hybridized carbons (Fsp3) is 0.389. The predicted octanol–water partition coefficient (Wildman–Crippen LogP) is 2.71. The molecule has 2 rings (SSSR count). The van der Waals surface area contributed by atoms with Gasteiger partial charge in [0.25, 0.3) is 0 Å². The molecule has 0 saturated heterocycles. The van der Waals surface area contributed by atoms with Crippen LogP contribution in [0, 0.1) is 17.1 Å². The number of hydrogen-bond donors (Lipinski definition) is 1. The third-order valence-electron chi connectivity index (χ3n) is 3.49. The molecule has 0 aliphatic heterocycles. The number of nitriles is 1. The average Bonchev–Trinajstić information content (AvgIpc) is 3.07. The van der Waals surface area contributed by atoms with Crippen LogP contribution in [0.15, 0.2) is 47.1 Å². The summed E-state index contributed by atoms with van der Waals surface area (Å²) in [5, 5.41) is 18.9. The number of aliphatic hydroxyl groups is 1. The van der Waals surface area contributed by atoms with Gasteiger partial charge < -0.3 is 14.3 Å². The Kier molecular flexibility index (Phi) is 7.43. The van der Waals surface area contributed by atoms with Gasteiger partial charge in [0.15, 0.2) is 0 Å². The lowest BCUT2D eigenvalue weighted by Gasteiger charge is -2.23. The Morgan fingerprint density at radius 3 is 2.83 bits per heavy atom. The molecule has 0 spiro atoms. The molecule has 0 bridgehead atoms. The number of furan rings is 1. The molecule has 0 radical (unpaired) electrons. The first kappa shape index (κ1) is 18.1. The summed E-state index contributed by atoms with van der Waals surface area (Å²) in [5.74, 6) is 0.452. The molecule has 1 aromatic heterocycles. The van der Waals surface area contributed by atoms with Gasteiger partial charge in [-0.3, -0.25) is 4.90 Å². The van der Waals surface area contributed by atoms with Crippen LogP contribution in [0.1, 0.15) is 17.7 Å². The lowest BCUT2D eigenvalue weighted by molar-refractivity contribution is 0.00723. The summed E-state index contributed by atoms with van der Waals surface area (Å²) in [6.45, 7) is 1.59. The number of ether oxygens (including phenoxy) is 1. The van der Waals surface area contributed by atoms with E-state index in [0.29, 0.717) is 31.6 Å². The van der Waals surface area contributed by atoms with Gasteiger partial charge in [-0.05, 0) is 18.2 Å². The van der Waals surface area contributed by atoms with Crippen molar-refractivity contribution in [3.63, 3.8) is 0 Å². The zero-order valence-electron chi connectivity index (χ0n) is 13.4. The molecule has 1 heterocycles. The Hall–Kier alpha value is -2.20. The van der Waals surface area contributed by atoms with Gasteiger partial charge in [0.2, 0.25) is 0 Å². The van der Waals surface area contributed by atoms with Gasteiger partial charge >= 0.3 is 0 Å². The van der Waals surface area contributed by atoms with Crippen molar-refractivity contribution in [3.05, 3.63) is 59.8 Å². The second-order valence-corrected chi connectivity index (χ2v) is 5.48. The Morgan fingerprint density at radius 2 is 2.12 bits per heavy atom. The highest BCUT2D eigenvalue weighted by molar-refractivity contribution is 5.16. The molecular formula is C18H21FN2O3. The van der Waals surface area contributed by atoms with Crippen LogP contribution in [0.25, 0.3) is 0 Å². The summed E-state index contributed by atoms with van der Waals surface area (Å²) in [5.41, 5.74) is 0.460. The summed E-state index contributed by atoms with van der Waals surface area (Å²) in [6, 6.07) is 12.1. The molecule has 0 aliphatic carbocycles. The maximum absolute atomic E-state index is 13.5. The van der Waals surface area contributed by atoms with E-state index in [2.05, 4.69) is 6.07 Å². The fourth-order valence-electron chi connectivity index (χ4n) is 2.34. The quantitative estimate of drug-likeness (QED) is 0.724. The standard InChI is InChI=1S/C18H21FN2O3/c19-18-7-2-1-5-15(18)13-23-14-16(22)11-21(9-4-8-20)12-17-6-3-10-24-17/h1-3,5-7,10,16,22H,4,9,11-14H2. The van der Waals surface area contributed by atoms with E-state index < -0.39 is 6.10 Å². The third-order valence-corrected chi connectivity index (χ3v) is 3.49. The second kappa shape index (κ2) is 9.83. The van der Waals surface area contributed by atoms with Crippen LogP contribution < -0.4 is 0 Å². The summed E-state index contributed by atoms with van der Waals surface area (Å²) in [7, 11) is 0. The molecule has 2 aromatic rings. The van der Waals surface area contributed by atoms with Gasteiger partial charge in [-0.2, -0.15) is 5.26 Å². The maximum atomic E-state index is 13.5. The number of aliphatic hydroxyl groups excluding tert-OH is 1. The van der Waals surface area contributed by atoms with Crippen LogP contribution >= 0.6 is 0 Å². The van der Waals surface area contributed by atoms with E-state index in [4.69, 9.17) is 14.4 Å². The second-order valence-electron chi connectivity index (χ2n) is 5.48. The lowest BCUT2D eigenvalue weighted by atomic mass is 10.2. The molecule has 1 N–H and O–H groups in total. The average molecular weight is 332 g/mol. The molecule has 6 heteroatoms. The summed E-state index contributed by atoms with van der Waals surface area (Å²) < 4.78 is 24.2. The SMILES string of the molecule is N#CCCN(Cc1ccco1)CC(O)COCc1ccccc1F. The molecule has 1 unspecified atom stereocenters. The molecule has 0 aliphatic rings. The molecule has 1 atom stereocenters. The Labute approximate surface area is 140 Å². The number of benzene rings is 1. The topological polar surface area (TPSA) is 69.6 Å². The largest absolute Gasteiger partial charge is 0.468 e. The van der Waals surface area contributed by atoms with Crippen molar-refractivity contribution in [1.29, 1.82) is 5.26 Å². The fourth-order valence-corrected chi connectivity index (χ4v) is 2.34. The first-order chi connectivity index (χ1) is 11.7. The van der Waals surface area contributed by atoms with Crippen molar-refractivity contribution >= 4 is 0 Å². The van der Waals surface area contributed by atoms with E-state index >= 15 is 0 Å². The van der Waals surface area contributed by atoms with Crippen molar-refractivity contribution in [2.45, 2.75) is 25.7 Å². The molecule has 24 heavy (non-hydrogen) atoms. The van der Waals surface area contributed by atoms with Crippen LogP contribution in [0.5, 0.6) is 0 Å². The zero-order valence-corrected chi connectivity index (χ0v) is 13.4. The molecule has 0 saturated carbocycles. The molecule has 5 nitrogen and oxygen atoms in total. The van der Waals surface area contributed by atoms with E-state index in [-0.39, 0.29) is 19.0 Å². The number of halogens is 1. The van der Waals surface area contributed by atoms with Gasteiger partial charge in [-0.15, -0.1) is 0 Å². The van der Waals surface area contributed by atoms with Gasteiger partial charge in [-0.25, -0.2) is 4.39 Å². The summed E-state index contributed by atoms with van der Waals surface area (Å²) in [6.07, 6.45) is 1.22. The first-order valence-corrected chi connectivity index (χ1v) is 7.80. The highest BCUT2D eigenvalue weighted by atomic mass is 19.1. The summed E-state index contributed by atoms with van der Waals surface area (Å²) in [4.78, 5) is 1.93. The zero-order chi connectivity index (χ0) is 17.2. The van der Waals surface area contributed by atoms with Gasteiger partial charge in [0.1, 0.15) is 11.6 Å². The molecule has 0 fully saturated rings. The van der Waals surface area contributed by atoms with Crippen molar-refractivity contribution in [3.8, 4) is 6.07 Å². The van der Waals surface area contributed by atoms with E-state index in [1.54, 1.807) is 30.5 Å². The normalized spacial score (nSPS) is 12.2. The van der Waals surface area contributed by atoms with E-state index in [1.807, 2.05) is 11.0 Å². The van der Waals surface area contributed by atoms with E-state index in [1.165, 1.54) is 6.07 Å². The lowest BCUT2D eigenvalue weighted by Crippen LogP contribution is -2.35. The first-order valence-electron chi connectivity index (χ1n) is 7.80. The molecule has 128 valence electrons. The molecule has 1 aromatic carbocycles. The highest BCUT2D eigenvalue weighted by Gasteiger charge is 2.14. The predicted molar refractivity (Wildman–Crippen MR) is 86.3 cm³/mol. The Bertz CT molecular complexity index is 640. The minimum Gasteiger partial charge on any atom is -0.468 e. The summed E-state index contributed by atoms with van der Waals surface area (Å²) >= 11 is 0. The van der Waals surface area contributed by atoms with Crippen LogP contribution in [0.4, 0.5) is 4.39 Å². The van der Waals surface area contributed by atoms with Crippen LogP contribution in [-0.2, 0) is 17.9 Å². The third kappa shape index (κ3) is 6.13. The van der Waals surface area contributed by atoms with E-state index in [0.717, 1.165) is 5.76 Å². The molecular weight excluding hydrogens is 311 g/mol. The van der Waals surface area contributed by atoms with Gasteiger partial charge in [-0.1, -0.05) is 18.2 Å². The van der Waals surface area contributed by atoms with Crippen LogP contribution in [0.2, 0.25) is 0 Å². The minimum atomic E-state index is -0.731. The van der Waals surface area contributed by atoms with Crippen molar-refractivity contribution < 1.29 is 18.7 Å². The maximum Gasteiger partial charge on any atom is 0.128 e. The smallest absolute Gasteiger partial charge is 0.128 e. The Morgan fingerprint density at radius 1 is 1.29 bits per heavy atom. The minimum absolute atomic E-state index is 0.0928. The monoisotopic (exact) mass is 332 g/mol. The van der Waals surface area contributed by atoms with Crippen LogP contribution in [0.3, 0.4) is 0 Å². The number of nitrogens with zero attached hydrogens (tertiary/aromatic N) is 2. The highest BCUT2D eigenvalue weighted by Crippen LogP contribution is 2.09. The number of hydrogen-bond acceptors (Lipinski definition) is 5. The van der Waals surface area contributed by atoms with Crippen molar-refractivity contribution in [2.75, 3.05) is 19.7 Å². The van der Waals surface area contributed by atoms with E-state index in [9.17, 15) is 9.50 Å². The van der Waals surface area contributed by atoms with Gasteiger partial charge in [0, 0.05) is 25.1 Å². The van der Waals surface area contributed by atoms with Gasteiger partial charge in [0.05, 0.1) is 38.2 Å². The molecule has 0 amide bonds. The number of rotatable bonds is 10. The van der Waals surface area contributed by atoms with Crippen molar-refractivity contribution in [2.24, 2.45) is 0 Å².